The standard InChI is InChI=1S/C10H12ClN3S/c1-2-4-15-5-3-13-10-7-8(12)6-9(11)14-10/h1,6-7H,3-5H2,(H3,12,13,14). The number of thioether (sulfide) groups is 1. The Morgan fingerprint density at radius 3 is 3.07 bits per heavy atom. The van der Waals surface area contributed by atoms with Crippen LogP contribution < -0.4 is 11.1 Å². The van der Waals surface area contributed by atoms with Gasteiger partial charge in [0.15, 0.2) is 0 Å². The lowest BCUT2D eigenvalue weighted by molar-refractivity contribution is 1.17. The molecule has 0 atom stereocenters. The molecule has 0 fully saturated rings. The molecule has 15 heavy (non-hydrogen) atoms. The van der Waals surface area contributed by atoms with Crippen LogP contribution in [0.5, 0.6) is 0 Å². The molecule has 1 aromatic heterocycles. The van der Waals surface area contributed by atoms with Gasteiger partial charge in [0.05, 0.1) is 5.75 Å². The molecule has 0 bridgehead atoms. The quantitative estimate of drug-likeness (QED) is 0.471. The zero-order valence-electron chi connectivity index (χ0n) is 8.16. The lowest BCUT2D eigenvalue weighted by atomic mass is 10.4. The summed E-state index contributed by atoms with van der Waals surface area (Å²) in [5.41, 5.74) is 6.22. The van der Waals surface area contributed by atoms with Gasteiger partial charge in [-0.05, 0) is 6.07 Å². The van der Waals surface area contributed by atoms with Gasteiger partial charge in [0.25, 0.3) is 0 Å². The summed E-state index contributed by atoms with van der Waals surface area (Å²) in [5, 5.41) is 3.52. The number of nitrogen functional groups attached to an aromatic ring is 1. The molecule has 0 saturated heterocycles. The summed E-state index contributed by atoms with van der Waals surface area (Å²) in [6, 6.07) is 3.36. The molecule has 0 aliphatic heterocycles. The van der Waals surface area contributed by atoms with Crippen molar-refractivity contribution in [2.45, 2.75) is 0 Å². The third-order valence-corrected chi connectivity index (χ3v) is 2.61. The average Bonchev–Trinajstić information content (AvgIpc) is 2.16. The molecule has 1 rings (SSSR count). The molecule has 0 unspecified atom stereocenters. The van der Waals surface area contributed by atoms with Crippen molar-refractivity contribution in [3.05, 3.63) is 17.3 Å². The number of anilines is 2. The van der Waals surface area contributed by atoms with Gasteiger partial charge < -0.3 is 11.1 Å². The van der Waals surface area contributed by atoms with Crippen molar-refractivity contribution in [3.8, 4) is 12.3 Å². The summed E-state index contributed by atoms with van der Waals surface area (Å²) in [7, 11) is 0. The minimum absolute atomic E-state index is 0.397. The first-order valence-corrected chi connectivity index (χ1v) is 5.94. The smallest absolute Gasteiger partial charge is 0.133 e. The fraction of sp³-hybridized carbons (Fsp3) is 0.300. The van der Waals surface area contributed by atoms with Crippen LogP contribution >= 0.6 is 23.4 Å². The van der Waals surface area contributed by atoms with E-state index in [1.165, 1.54) is 0 Å². The fourth-order valence-corrected chi connectivity index (χ4v) is 1.72. The number of nitrogens with one attached hydrogen (secondary N) is 1. The molecule has 1 heterocycles. The van der Waals surface area contributed by atoms with Crippen molar-refractivity contribution in [1.82, 2.24) is 4.98 Å². The number of rotatable bonds is 5. The first-order chi connectivity index (χ1) is 7.22. The molecule has 0 radical (unpaired) electrons. The Hall–Kier alpha value is -1.05. The summed E-state index contributed by atoms with van der Waals surface area (Å²) < 4.78 is 0. The van der Waals surface area contributed by atoms with E-state index in [4.69, 9.17) is 23.8 Å². The van der Waals surface area contributed by atoms with Crippen molar-refractivity contribution in [1.29, 1.82) is 0 Å². The zero-order chi connectivity index (χ0) is 11.1. The molecule has 0 aliphatic carbocycles. The van der Waals surface area contributed by atoms with Crippen LogP contribution in [0.15, 0.2) is 12.1 Å². The largest absolute Gasteiger partial charge is 0.399 e. The van der Waals surface area contributed by atoms with E-state index in [0.29, 0.717) is 16.7 Å². The summed E-state index contributed by atoms with van der Waals surface area (Å²) >= 11 is 7.44. The third-order valence-electron chi connectivity index (χ3n) is 1.55. The number of nitrogens with zero attached hydrogens (tertiary/aromatic N) is 1. The first-order valence-electron chi connectivity index (χ1n) is 4.40. The molecule has 0 aliphatic rings. The van der Waals surface area contributed by atoms with Crippen molar-refractivity contribution < 1.29 is 0 Å². The first kappa shape index (κ1) is 12.0. The average molecular weight is 242 g/mol. The Morgan fingerprint density at radius 2 is 2.40 bits per heavy atom. The highest BCUT2D eigenvalue weighted by atomic mass is 35.5. The number of terminal acetylenes is 1. The monoisotopic (exact) mass is 241 g/mol. The van der Waals surface area contributed by atoms with Crippen LogP contribution in [0.1, 0.15) is 0 Å². The van der Waals surface area contributed by atoms with E-state index >= 15 is 0 Å². The fourth-order valence-electron chi connectivity index (χ4n) is 0.990. The molecule has 3 N–H and O–H groups in total. The van der Waals surface area contributed by atoms with E-state index in [-0.39, 0.29) is 0 Å². The molecular formula is C10H12ClN3S. The molecule has 0 aromatic carbocycles. The highest BCUT2D eigenvalue weighted by Gasteiger charge is 1.97. The maximum Gasteiger partial charge on any atom is 0.133 e. The second-order valence-corrected chi connectivity index (χ2v) is 4.28. The molecular weight excluding hydrogens is 230 g/mol. The van der Waals surface area contributed by atoms with E-state index in [2.05, 4.69) is 16.2 Å². The van der Waals surface area contributed by atoms with Gasteiger partial charge in [-0.1, -0.05) is 17.5 Å². The Balaban J connectivity index is 2.34. The van der Waals surface area contributed by atoms with Crippen LogP contribution in [0.2, 0.25) is 5.15 Å². The van der Waals surface area contributed by atoms with Crippen molar-refractivity contribution >= 4 is 34.9 Å². The highest BCUT2D eigenvalue weighted by molar-refractivity contribution is 7.99. The van der Waals surface area contributed by atoms with Gasteiger partial charge in [0.2, 0.25) is 0 Å². The lowest BCUT2D eigenvalue weighted by Crippen LogP contribution is -2.06. The van der Waals surface area contributed by atoms with Crippen LogP contribution in [-0.4, -0.2) is 23.0 Å². The van der Waals surface area contributed by atoms with Gasteiger partial charge in [-0.25, -0.2) is 4.98 Å². The molecule has 0 amide bonds. The van der Waals surface area contributed by atoms with Crippen LogP contribution in [-0.2, 0) is 0 Å². The molecule has 0 spiro atoms. The van der Waals surface area contributed by atoms with Crippen LogP contribution in [0.25, 0.3) is 0 Å². The lowest BCUT2D eigenvalue weighted by Gasteiger charge is -2.05. The second kappa shape index (κ2) is 6.44. The van der Waals surface area contributed by atoms with E-state index in [0.717, 1.165) is 18.1 Å². The summed E-state index contributed by atoms with van der Waals surface area (Å²) in [6.45, 7) is 0.791. The van der Waals surface area contributed by atoms with Gasteiger partial charge in [-0.3, -0.25) is 0 Å². The zero-order valence-corrected chi connectivity index (χ0v) is 9.74. The maximum atomic E-state index is 5.75. The highest BCUT2D eigenvalue weighted by Crippen LogP contribution is 2.15. The number of nitrogens with two attached hydrogens (primary N) is 1. The van der Waals surface area contributed by atoms with Crippen molar-refractivity contribution in [2.24, 2.45) is 0 Å². The number of hydrogen-bond donors (Lipinski definition) is 2. The van der Waals surface area contributed by atoms with Crippen molar-refractivity contribution in [3.63, 3.8) is 0 Å². The van der Waals surface area contributed by atoms with E-state index in [9.17, 15) is 0 Å². The van der Waals surface area contributed by atoms with E-state index < -0.39 is 0 Å². The summed E-state index contributed by atoms with van der Waals surface area (Å²) in [5.74, 6) is 4.92. The maximum absolute atomic E-state index is 5.75. The predicted octanol–water partition coefficient (Wildman–Crippen LogP) is 2.10. The third kappa shape index (κ3) is 4.82. The Bertz CT molecular complexity index is 342. The van der Waals surface area contributed by atoms with Crippen LogP contribution in [0, 0.1) is 12.3 Å². The second-order valence-electron chi connectivity index (χ2n) is 2.79. The SMILES string of the molecule is C#CCSCCNc1cc(N)cc(Cl)n1. The summed E-state index contributed by atoms with van der Waals surface area (Å²) in [4.78, 5) is 4.08. The van der Waals surface area contributed by atoms with Crippen molar-refractivity contribution in [2.75, 3.05) is 29.1 Å². The minimum Gasteiger partial charge on any atom is -0.399 e. The summed E-state index contributed by atoms with van der Waals surface area (Å²) in [6.07, 6.45) is 5.12. The van der Waals surface area contributed by atoms with Crippen LogP contribution in [0.4, 0.5) is 11.5 Å². The molecule has 1 aromatic rings. The Morgan fingerprint density at radius 1 is 1.60 bits per heavy atom. The van der Waals surface area contributed by atoms with Gasteiger partial charge in [-0.15, -0.1) is 18.2 Å². The molecule has 3 nitrogen and oxygen atoms in total. The molecule has 80 valence electrons. The van der Waals surface area contributed by atoms with Crippen LogP contribution in [0.3, 0.4) is 0 Å². The van der Waals surface area contributed by atoms with E-state index in [1.807, 2.05) is 0 Å². The predicted molar refractivity (Wildman–Crippen MR) is 68.3 cm³/mol. The number of pyridine rings is 1. The Kier molecular flexibility index (Phi) is 5.16. The normalized spacial score (nSPS) is 9.60. The molecule has 0 saturated carbocycles. The van der Waals surface area contributed by atoms with E-state index in [1.54, 1.807) is 23.9 Å². The Labute approximate surface area is 98.8 Å². The van der Waals surface area contributed by atoms with Gasteiger partial charge in [-0.2, -0.15) is 0 Å². The van der Waals surface area contributed by atoms with Gasteiger partial charge in [0, 0.05) is 24.1 Å². The van der Waals surface area contributed by atoms with Gasteiger partial charge in [0.1, 0.15) is 11.0 Å². The topological polar surface area (TPSA) is 50.9 Å². The molecule has 5 heteroatoms. The van der Waals surface area contributed by atoms with Gasteiger partial charge >= 0.3 is 0 Å². The number of hydrogen-bond acceptors (Lipinski definition) is 4. The minimum atomic E-state index is 0.397. The number of aromatic nitrogens is 1. The number of halogens is 1.